The third-order valence-corrected chi connectivity index (χ3v) is 7.91. The average molecular weight is 549 g/mol. The Morgan fingerprint density at radius 2 is 1.83 bits per heavy atom. The molecule has 1 amide bonds. The molecule has 1 unspecified atom stereocenters. The van der Waals surface area contributed by atoms with Gasteiger partial charge in [0.1, 0.15) is 11.7 Å². The first-order valence-corrected chi connectivity index (χ1v) is 14.1. The van der Waals surface area contributed by atoms with Gasteiger partial charge in [-0.1, -0.05) is 43.3 Å². The number of nitro benzene ring substituents is 1. The molecule has 6 rings (SSSR count). The number of rotatable bonds is 9. The second kappa shape index (κ2) is 11.5. The monoisotopic (exact) mass is 548 g/mol. The zero-order valence-corrected chi connectivity index (χ0v) is 23.0. The lowest BCUT2D eigenvalue weighted by Gasteiger charge is -2.16. The van der Waals surface area contributed by atoms with Crippen LogP contribution >= 0.6 is 0 Å². The number of amides is 1. The topological polar surface area (TPSA) is 117 Å². The number of benzene rings is 3. The highest BCUT2D eigenvalue weighted by Crippen LogP contribution is 2.38. The first-order chi connectivity index (χ1) is 20.0. The van der Waals surface area contributed by atoms with E-state index < -0.39 is 10.8 Å². The molecule has 9 heteroatoms. The van der Waals surface area contributed by atoms with Gasteiger partial charge in [-0.3, -0.25) is 19.9 Å². The van der Waals surface area contributed by atoms with E-state index in [-0.39, 0.29) is 11.6 Å². The number of non-ortho nitro benzene ring substituents is 1. The summed E-state index contributed by atoms with van der Waals surface area (Å²) in [6.07, 6.45) is 6.14. The van der Waals surface area contributed by atoms with Crippen LogP contribution in [0.5, 0.6) is 0 Å². The predicted octanol–water partition coefficient (Wildman–Crippen LogP) is 6.04. The van der Waals surface area contributed by atoms with E-state index in [1.807, 2.05) is 49.5 Å². The molecule has 2 aliphatic heterocycles. The number of hydrogen-bond donors (Lipinski definition) is 2. The lowest BCUT2D eigenvalue weighted by Crippen LogP contribution is -2.22. The van der Waals surface area contributed by atoms with Crippen LogP contribution in [0.15, 0.2) is 77.9 Å². The number of carbonyl (C=O) groups excluding carboxylic acids is 1. The number of nitrogens with one attached hydrogen (secondary N) is 2. The zero-order chi connectivity index (χ0) is 28.3. The number of carbonyl (C=O) groups is 1. The summed E-state index contributed by atoms with van der Waals surface area (Å²) < 4.78 is 0. The molecule has 0 aliphatic carbocycles. The Kier molecular flexibility index (Phi) is 7.43. The number of aromatic amines is 1. The summed E-state index contributed by atoms with van der Waals surface area (Å²) in [6.45, 7) is 5.41. The van der Waals surface area contributed by atoms with E-state index in [9.17, 15) is 14.9 Å². The number of aliphatic imine (C=N–C) groups is 1. The summed E-state index contributed by atoms with van der Waals surface area (Å²) in [4.78, 5) is 39.6. The molecule has 2 N–H and O–H groups in total. The molecule has 41 heavy (non-hydrogen) atoms. The Balaban J connectivity index is 1.35. The minimum Gasteiger partial charge on any atom is -0.342 e. The van der Waals surface area contributed by atoms with Gasteiger partial charge in [0.2, 0.25) is 5.91 Å². The van der Waals surface area contributed by atoms with Crippen molar-refractivity contribution < 1.29 is 9.72 Å². The predicted molar refractivity (Wildman–Crippen MR) is 160 cm³/mol. The quantitative estimate of drug-likeness (QED) is 0.150. The third-order valence-electron chi connectivity index (χ3n) is 7.91. The zero-order valence-electron chi connectivity index (χ0n) is 23.0. The van der Waals surface area contributed by atoms with Crippen LogP contribution in [-0.4, -0.2) is 51.0 Å². The van der Waals surface area contributed by atoms with Crippen LogP contribution in [-0.2, 0) is 17.6 Å². The Hall–Kier alpha value is -4.63. The fraction of sp³-hybridized carbons (Fsp3) is 0.281. The lowest BCUT2D eigenvalue weighted by atomic mass is 9.90. The van der Waals surface area contributed by atoms with Gasteiger partial charge in [-0.2, -0.15) is 0 Å². The van der Waals surface area contributed by atoms with Crippen LogP contribution < -0.4 is 5.32 Å². The van der Waals surface area contributed by atoms with Gasteiger partial charge >= 0.3 is 0 Å². The number of hydrogen-bond acceptors (Lipinski definition) is 6. The van der Waals surface area contributed by atoms with Gasteiger partial charge < -0.3 is 15.2 Å². The van der Waals surface area contributed by atoms with Crippen molar-refractivity contribution in [3.63, 3.8) is 0 Å². The molecule has 1 saturated heterocycles. The summed E-state index contributed by atoms with van der Waals surface area (Å²) in [5.41, 5.74) is 6.25. The summed E-state index contributed by atoms with van der Waals surface area (Å²) in [5.74, 6) is -0.105. The molecule has 1 atom stereocenters. The van der Waals surface area contributed by atoms with Crippen LogP contribution in [0.3, 0.4) is 0 Å². The van der Waals surface area contributed by atoms with Crippen LogP contribution in [0.25, 0.3) is 11.3 Å². The molecule has 2 aliphatic rings. The first-order valence-electron chi connectivity index (χ1n) is 14.1. The van der Waals surface area contributed by atoms with Gasteiger partial charge in [0.15, 0.2) is 0 Å². The van der Waals surface area contributed by atoms with Crippen molar-refractivity contribution in [1.29, 1.82) is 0 Å². The second-order valence-corrected chi connectivity index (χ2v) is 10.6. The Morgan fingerprint density at radius 1 is 1.07 bits per heavy atom. The normalized spacial score (nSPS) is 17.0. The molecular weight excluding hydrogens is 516 g/mol. The second-order valence-electron chi connectivity index (χ2n) is 10.6. The first kappa shape index (κ1) is 26.6. The van der Waals surface area contributed by atoms with E-state index in [0.29, 0.717) is 22.6 Å². The van der Waals surface area contributed by atoms with Crippen molar-refractivity contribution in [2.45, 2.75) is 38.5 Å². The van der Waals surface area contributed by atoms with Crippen molar-refractivity contribution >= 4 is 28.7 Å². The molecule has 0 saturated carbocycles. The smallest absolute Gasteiger partial charge is 0.269 e. The SMILES string of the molecule is CCc1ncc(-c2ccc(N=C(c3ccc(CCN4CCCC4)cc3)C3C(=O)Nc4ccc([N+](=O)[O-])cc43)cc2)[nH]1. The van der Waals surface area contributed by atoms with Gasteiger partial charge in [0, 0.05) is 36.3 Å². The number of anilines is 1. The molecule has 0 bridgehead atoms. The van der Waals surface area contributed by atoms with E-state index in [4.69, 9.17) is 4.99 Å². The maximum absolute atomic E-state index is 13.3. The fourth-order valence-corrected chi connectivity index (χ4v) is 5.61. The minimum absolute atomic E-state index is 0.0581. The largest absolute Gasteiger partial charge is 0.342 e. The number of fused-ring (bicyclic) bond motifs is 1. The maximum Gasteiger partial charge on any atom is 0.269 e. The average Bonchev–Trinajstić information content (AvgIpc) is 3.75. The molecule has 4 aromatic rings. The Morgan fingerprint density at radius 3 is 2.51 bits per heavy atom. The van der Waals surface area contributed by atoms with Gasteiger partial charge in [0.05, 0.1) is 28.2 Å². The highest BCUT2D eigenvalue weighted by atomic mass is 16.6. The summed E-state index contributed by atoms with van der Waals surface area (Å²) in [5, 5.41) is 14.4. The van der Waals surface area contributed by atoms with E-state index in [1.165, 1.54) is 30.5 Å². The van der Waals surface area contributed by atoms with Crippen molar-refractivity contribution in [3.8, 4) is 11.3 Å². The third kappa shape index (κ3) is 5.67. The van der Waals surface area contributed by atoms with E-state index in [0.717, 1.165) is 55.1 Å². The molecule has 1 fully saturated rings. The molecule has 0 spiro atoms. The van der Waals surface area contributed by atoms with Crippen molar-refractivity contribution in [2.75, 3.05) is 25.0 Å². The molecule has 208 valence electrons. The molecular formula is C32H32N6O3. The van der Waals surface area contributed by atoms with E-state index in [2.05, 4.69) is 32.3 Å². The standard InChI is InChI=1S/C32H32N6O3/c1-2-29-33-20-28(35-29)22-9-11-24(12-10-22)34-31(23-7-5-21(6-8-23)15-18-37-16-3-4-17-37)30-26-19-25(38(40)41)13-14-27(26)36-32(30)39/h5-14,19-20,30H,2-4,15-18H2,1H3,(H,33,35)(H,36,39). The molecule has 3 heterocycles. The summed E-state index contributed by atoms with van der Waals surface area (Å²) in [6, 6.07) is 20.4. The number of nitro groups is 1. The molecule has 3 aromatic carbocycles. The molecule has 0 radical (unpaired) electrons. The Labute approximate surface area is 238 Å². The van der Waals surface area contributed by atoms with Crippen LogP contribution in [0.2, 0.25) is 0 Å². The Bertz CT molecular complexity index is 1600. The molecule has 1 aromatic heterocycles. The minimum atomic E-state index is -0.778. The number of aryl methyl sites for hydroxylation is 1. The van der Waals surface area contributed by atoms with Crippen molar-refractivity contribution in [3.05, 3.63) is 106 Å². The van der Waals surface area contributed by atoms with Gasteiger partial charge in [-0.05, 0) is 67.2 Å². The number of aromatic nitrogens is 2. The van der Waals surface area contributed by atoms with Crippen LogP contribution in [0, 0.1) is 10.1 Å². The number of likely N-dealkylation sites (tertiary alicyclic amines) is 1. The van der Waals surface area contributed by atoms with Crippen LogP contribution in [0.1, 0.15) is 48.2 Å². The van der Waals surface area contributed by atoms with Gasteiger partial charge in [-0.15, -0.1) is 0 Å². The number of H-pyrrole nitrogens is 1. The highest BCUT2D eigenvalue weighted by molar-refractivity contribution is 6.24. The van der Waals surface area contributed by atoms with E-state index >= 15 is 0 Å². The summed E-state index contributed by atoms with van der Waals surface area (Å²) in [7, 11) is 0. The number of imidazole rings is 1. The van der Waals surface area contributed by atoms with Crippen molar-refractivity contribution in [1.82, 2.24) is 14.9 Å². The van der Waals surface area contributed by atoms with E-state index in [1.54, 1.807) is 6.07 Å². The lowest BCUT2D eigenvalue weighted by molar-refractivity contribution is -0.384. The maximum atomic E-state index is 13.3. The highest BCUT2D eigenvalue weighted by Gasteiger charge is 2.36. The fourth-order valence-electron chi connectivity index (χ4n) is 5.61. The van der Waals surface area contributed by atoms with Crippen molar-refractivity contribution in [2.24, 2.45) is 4.99 Å². The van der Waals surface area contributed by atoms with Crippen LogP contribution in [0.4, 0.5) is 17.1 Å². The van der Waals surface area contributed by atoms with Gasteiger partial charge in [0.25, 0.3) is 5.69 Å². The van der Waals surface area contributed by atoms with Gasteiger partial charge in [-0.25, -0.2) is 4.98 Å². The molecule has 9 nitrogen and oxygen atoms in total. The summed E-state index contributed by atoms with van der Waals surface area (Å²) >= 11 is 0. The number of nitrogens with zero attached hydrogens (tertiary/aromatic N) is 4.